The molecule has 0 bridgehead atoms. The first-order valence-electron chi connectivity index (χ1n) is 4.33. The zero-order valence-corrected chi connectivity index (χ0v) is 8.16. The van der Waals surface area contributed by atoms with Crippen molar-refractivity contribution in [2.75, 3.05) is 7.05 Å². The molecule has 0 saturated heterocycles. The highest BCUT2D eigenvalue weighted by molar-refractivity contribution is 6.30. The summed E-state index contributed by atoms with van der Waals surface area (Å²) in [5, 5.41) is 3.35. The molecule has 0 spiro atoms. The van der Waals surface area contributed by atoms with Crippen molar-refractivity contribution in [3.8, 4) is 0 Å². The average molecular weight is 200 g/mol. The highest BCUT2D eigenvalue weighted by Crippen LogP contribution is 2.46. The van der Waals surface area contributed by atoms with Crippen molar-refractivity contribution in [2.45, 2.75) is 18.4 Å². The zero-order valence-electron chi connectivity index (χ0n) is 7.40. The average Bonchev–Trinajstić information content (AvgIpc) is 2.90. The molecule has 0 amide bonds. The molecule has 1 aliphatic rings. The summed E-state index contributed by atoms with van der Waals surface area (Å²) in [7, 11) is 1.85. The van der Waals surface area contributed by atoms with Gasteiger partial charge in [-0.3, -0.25) is 0 Å². The van der Waals surface area contributed by atoms with E-state index in [2.05, 4.69) is 5.32 Å². The van der Waals surface area contributed by atoms with Crippen LogP contribution in [0.5, 0.6) is 0 Å². The molecule has 0 atom stereocenters. The number of benzene rings is 1. The monoisotopic (exact) mass is 199 g/mol. The number of nitrogens with one attached hydrogen (secondary N) is 1. The molecule has 1 nitrogen and oxygen atoms in total. The second-order valence-electron chi connectivity index (χ2n) is 3.43. The predicted molar refractivity (Wildman–Crippen MR) is 51.4 cm³/mol. The minimum absolute atomic E-state index is 0.144. The van der Waals surface area contributed by atoms with E-state index in [-0.39, 0.29) is 16.4 Å². The normalized spacial score (nSPS) is 18.7. The van der Waals surface area contributed by atoms with Crippen molar-refractivity contribution in [3.05, 3.63) is 34.6 Å². The highest BCUT2D eigenvalue weighted by Gasteiger charge is 2.44. The molecule has 1 aromatic carbocycles. The molecule has 0 radical (unpaired) electrons. The summed E-state index contributed by atoms with van der Waals surface area (Å²) in [6.07, 6.45) is 1.97. The molecular weight excluding hydrogens is 189 g/mol. The van der Waals surface area contributed by atoms with Gasteiger partial charge in [0.1, 0.15) is 5.82 Å². The molecule has 2 rings (SSSR count). The fourth-order valence-electron chi connectivity index (χ4n) is 1.65. The van der Waals surface area contributed by atoms with Crippen LogP contribution in [-0.2, 0) is 5.54 Å². The van der Waals surface area contributed by atoms with Crippen molar-refractivity contribution in [1.29, 1.82) is 0 Å². The molecule has 0 unspecified atom stereocenters. The summed E-state index contributed by atoms with van der Waals surface area (Å²) < 4.78 is 13.6. The van der Waals surface area contributed by atoms with Crippen molar-refractivity contribution >= 4 is 11.6 Å². The Labute approximate surface area is 81.9 Å². The lowest BCUT2D eigenvalue weighted by Crippen LogP contribution is -2.25. The molecule has 1 aromatic rings. The largest absolute Gasteiger partial charge is 0.310 e. The number of halogens is 2. The first-order chi connectivity index (χ1) is 6.19. The highest BCUT2D eigenvalue weighted by atomic mass is 35.5. The van der Waals surface area contributed by atoms with E-state index in [1.807, 2.05) is 7.05 Å². The first kappa shape index (κ1) is 8.97. The summed E-state index contributed by atoms with van der Waals surface area (Å²) in [6.45, 7) is 0. The lowest BCUT2D eigenvalue weighted by Gasteiger charge is -2.15. The smallest absolute Gasteiger partial charge is 0.146 e. The molecule has 3 heteroatoms. The van der Waals surface area contributed by atoms with Gasteiger partial charge in [-0.15, -0.1) is 0 Å². The van der Waals surface area contributed by atoms with Crippen LogP contribution in [0.4, 0.5) is 4.39 Å². The second kappa shape index (κ2) is 2.96. The van der Waals surface area contributed by atoms with Crippen LogP contribution in [0.15, 0.2) is 18.2 Å². The second-order valence-corrected chi connectivity index (χ2v) is 3.84. The SMILES string of the molecule is CNC1(c2cccc(Cl)c2F)CC1. The van der Waals surface area contributed by atoms with Crippen LogP contribution in [0.1, 0.15) is 18.4 Å². The fourth-order valence-corrected chi connectivity index (χ4v) is 1.83. The minimum atomic E-state index is -0.281. The predicted octanol–water partition coefficient (Wildman–Crippen LogP) is 2.69. The molecule has 0 aromatic heterocycles. The van der Waals surface area contributed by atoms with Crippen molar-refractivity contribution in [2.24, 2.45) is 0 Å². The molecule has 13 heavy (non-hydrogen) atoms. The Hall–Kier alpha value is -0.600. The zero-order chi connectivity index (χ0) is 9.47. The topological polar surface area (TPSA) is 12.0 Å². The summed E-state index contributed by atoms with van der Waals surface area (Å²) >= 11 is 5.70. The van der Waals surface area contributed by atoms with E-state index >= 15 is 0 Å². The maximum absolute atomic E-state index is 13.6. The van der Waals surface area contributed by atoms with Gasteiger partial charge in [0.15, 0.2) is 0 Å². The lowest BCUT2D eigenvalue weighted by atomic mass is 10.0. The van der Waals surface area contributed by atoms with Crippen LogP contribution >= 0.6 is 11.6 Å². The summed E-state index contributed by atoms with van der Waals surface area (Å²) in [5.41, 5.74) is 0.553. The van der Waals surface area contributed by atoms with Crippen LogP contribution in [0.3, 0.4) is 0 Å². The third-order valence-corrected chi connectivity index (χ3v) is 2.99. The van der Waals surface area contributed by atoms with Gasteiger partial charge in [-0.25, -0.2) is 4.39 Å². The summed E-state index contributed by atoms with van der Waals surface area (Å²) in [4.78, 5) is 0. The minimum Gasteiger partial charge on any atom is -0.310 e. The third-order valence-electron chi connectivity index (χ3n) is 2.70. The number of hydrogen-bond donors (Lipinski definition) is 1. The molecule has 0 aliphatic heterocycles. The van der Waals surface area contributed by atoms with Crippen LogP contribution in [0.25, 0.3) is 0 Å². The lowest BCUT2D eigenvalue weighted by molar-refractivity contribution is 0.526. The van der Waals surface area contributed by atoms with Gasteiger partial charge >= 0.3 is 0 Å². The van der Waals surface area contributed by atoms with Gasteiger partial charge in [-0.1, -0.05) is 23.7 Å². The molecule has 70 valence electrons. The molecular formula is C10H11ClFN. The van der Waals surface area contributed by atoms with E-state index in [1.165, 1.54) is 0 Å². The Kier molecular flexibility index (Phi) is 2.05. The summed E-state index contributed by atoms with van der Waals surface area (Å²) in [5.74, 6) is -0.281. The molecule has 1 aliphatic carbocycles. The molecule has 0 heterocycles. The van der Waals surface area contributed by atoms with Crippen molar-refractivity contribution < 1.29 is 4.39 Å². The van der Waals surface area contributed by atoms with E-state index in [4.69, 9.17) is 11.6 Å². The Balaban J connectivity index is 2.46. The van der Waals surface area contributed by atoms with Crippen molar-refractivity contribution in [3.63, 3.8) is 0 Å². The summed E-state index contributed by atoms with van der Waals surface area (Å²) in [6, 6.07) is 5.16. The first-order valence-corrected chi connectivity index (χ1v) is 4.71. The maximum Gasteiger partial charge on any atom is 0.146 e. The Bertz CT molecular complexity index is 334. The van der Waals surface area contributed by atoms with Gasteiger partial charge in [-0.2, -0.15) is 0 Å². The van der Waals surface area contributed by atoms with Crippen LogP contribution in [0, 0.1) is 5.82 Å². The van der Waals surface area contributed by atoms with E-state index in [0.717, 1.165) is 12.8 Å². The van der Waals surface area contributed by atoms with Gasteiger partial charge < -0.3 is 5.32 Å². The standard InChI is InChI=1S/C10H11ClFN/c1-13-10(5-6-10)7-3-2-4-8(11)9(7)12/h2-4,13H,5-6H2,1H3. The van der Waals surface area contributed by atoms with Gasteiger partial charge in [0.05, 0.1) is 5.02 Å². The Morgan fingerprint density at radius 1 is 1.46 bits per heavy atom. The van der Waals surface area contributed by atoms with Crippen molar-refractivity contribution in [1.82, 2.24) is 5.32 Å². The third kappa shape index (κ3) is 1.34. The molecule has 1 fully saturated rings. The van der Waals surface area contributed by atoms with Gasteiger partial charge in [-0.05, 0) is 26.0 Å². The van der Waals surface area contributed by atoms with E-state index in [0.29, 0.717) is 5.56 Å². The Morgan fingerprint density at radius 3 is 2.69 bits per heavy atom. The maximum atomic E-state index is 13.6. The van der Waals surface area contributed by atoms with Gasteiger partial charge in [0, 0.05) is 11.1 Å². The van der Waals surface area contributed by atoms with Crippen LogP contribution in [-0.4, -0.2) is 7.05 Å². The van der Waals surface area contributed by atoms with E-state index in [9.17, 15) is 4.39 Å². The number of hydrogen-bond acceptors (Lipinski definition) is 1. The fraction of sp³-hybridized carbons (Fsp3) is 0.400. The quantitative estimate of drug-likeness (QED) is 0.773. The van der Waals surface area contributed by atoms with Crippen LogP contribution in [0.2, 0.25) is 5.02 Å². The van der Waals surface area contributed by atoms with Gasteiger partial charge in [0.25, 0.3) is 0 Å². The Morgan fingerprint density at radius 2 is 2.15 bits per heavy atom. The molecule has 1 N–H and O–H groups in total. The van der Waals surface area contributed by atoms with E-state index < -0.39 is 0 Å². The van der Waals surface area contributed by atoms with E-state index in [1.54, 1.807) is 18.2 Å². The molecule has 1 saturated carbocycles. The number of rotatable bonds is 2. The van der Waals surface area contributed by atoms with Gasteiger partial charge in [0.2, 0.25) is 0 Å². The van der Waals surface area contributed by atoms with Crippen LogP contribution < -0.4 is 5.32 Å².